The monoisotopic (exact) mass is 378 g/mol. The third kappa shape index (κ3) is 4.50. The number of rotatable bonds is 4. The Labute approximate surface area is 119 Å². The fraction of sp³-hybridized carbons (Fsp3) is 0.0909. The van der Waals surface area contributed by atoms with Gasteiger partial charge in [-0.05, 0) is 28.1 Å². The normalized spacial score (nSPS) is 10.6. The average Bonchev–Trinajstić information content (AvgIpc) is 2.29. The highest BCUT2D eigenvalue weighted by Crippen LogP contribution is 2.32. The lowest BCUT2D eigenvalue weighted by Gasteiger charge is -2.07. The molecule has 1 rings (SSSR count). The summed E-state index contributed by atoms with van der Waals surface area (Å²) in [6.07, 6.45) is 1.48. The van der Waals surface area contributed by atoms with E-state index in [2.05, 4.69) is 31.9 Å². The van der Waals surface area contributed by atoms with E-state index in [9.17, 15) is 14.7 Å². The number of hydrogen-bond donors (Lipinski definition) is 2. The van der Waals surface area contributed by atoms with Crippen molar-refractivity contribution in [3.63, 3.8) is 0 Å². The summed E-state index contributed by atoms with van der Waals surface area (Å²) in [6, 6.07) is 3.24. The molecule has 0 amide bonds. The number of phenolic OH excluding ortho intramolecular Hbond substituents is 1. The SMILES string of the molecule is O=C(O)/C=C/C(=O)OCc1cc(Br)cc(Br)c1O. The Balaban J connectivity index is 2.69. The molecule has 0 heterocycles. The molecule has 7 heteroatoms. The number of halogens is 2. The first-order valence-electron chi connectivity index (χ1n) is 4.65. The smallest absolute Gasteiger partial charge is 0.331 e. The van der Waals surface area contributed by atoms with Crippen LogP contribution in [0.15, 0.2) is 33.2 Å². The number of carbonyl (C=O) groups excluding carboxylic acids is 1. The molecule has 0 aromatic heterocycles. The summed E-state index contributed by atoms with van der Waals surface area (Å²) in [5, 5.41) is 18.0. The van der Waals surface area contributed by atoms with Gasteiger partial charge in [0.25, 0.3) is 0 Å². The molecule has 0 aliphatic heterocycles. The van der Waals surface area contributed by atoms with Gasteiger partial charge in [-0.15, -0.1) is 0 Å². The largest absolute Gasteiger partial charge is 0.506 e. The number of aliphatic carboxylic acids is 1. The van der Waals surface area contributed by atoms with Crippen LogP contribution in [0.2, 0.25) is 0 Å². The van der Waals surface area contributed by atoms with Crippen molar-refractivity contribution in [3.05, 3.63) is 38.8 Å². The number of phenols is 1. The quantitative estimate of drug-likeness (QED) is 0.620. The van der Waals surface area contributed by atoms with Gasteiger partial charge < -0.3 is 14.9 Å². The first-order chi connectivity index (χ1) is 8.40. The highest BCUT2D eigenvalue weighted by atomic mass is 79.9. The predicted octanol–water partition coefficient (Wildman–Crippen LogP) is 2.60. The maximum absolute atomic E-state index is 11.1. The van der Waals surface area contributed by atoms with Gasteiger partial charge in [0.15, 0.2) is 0 Å². The van der Waals surface area contributed by atoms with Gasteiger partial charge in [-0.1, -0.05) is 15.9 Å². The van der Waals surface area contributed by atoms with E-state index in [1.807, 2.05) is 0 Å². The van der Waals surface area contributed by atoms with Crippen molar-refractivity contribution in [3.8, 4) is 5.75 Å². The van der Waals surface area contributed by atoms with Crippen LogP contribution in [0.25, 0.3) is 0 Å². The molecule has 0 saturated heterocycles. The maximum atomic E-state index is 11.1. The first-order valence-corrected chi connectivity index (χ1v) is 6.23. The molecule has 0 aliphatic rings. The van der Waals surface area contributed by atoms with Crippen LogP contribution in [0.1, 0.15) is 5.56 Å². The molecule has 96 valence electrons. The molecule has 0 aliphatic carbocycles. The highest BCUT2D eigenvalue weighted by molar-refractivity contribution is 9.11. The fourth-order valence-corrected chi connectivity index (χ4v) is 2.38. The van der Waals surface area contributed by atoms with E-state index in [0.717, 1.165) is 6.08 Å². The molecule has 5 nitrogen and oxygen atoms in total. The molecule has 0 atom stereocenters. The summed E-state index contributed by atoms with van der Waals surface area (Å²) < 4.78 is 5.95. The van der Waals surface area contributed by atoms with E-state index in [1.165, 1.54) is 0 Å². The second kappa shape index (κ2) is 6.55. The third-order valence-electron chi connectivity index (χ3n) is 1.84. The van der Waals surface area contributed by atoms with E-state index < -0.39 is 11.9 Å². The lowest BCUT2D eigenvalue weighted by molar-refractivity contribution is -0.139. The van der Waals surface area contributed by atoms with Gasteiger partial charge in [0.2, 0.25) is 0 Å². The molecule has 0 spiro atoms. The third-order valence-corrected chi connectivity index (χ3v) is 2.90. The number of benzene rings is 1. The van der Waals surface area contributed by atoms with Crippen LogP contribution < -0.4 is 0 Å². The lowest BCUT2D eigenvalue weighted by atomic mass is 10.2. The molecular formula is C11H8Br2O5. The van der Waals surface area contributed by atoms with Crippen LogP contribution in [0.3, 0.4) is 0 Å². The minimum Gasteiger partial charge on any atom is -0.506 e. The number of ether oxygens (including phenoxy) is 1. The van der Waals surface area contributed by atoms with Crippen molar-refractivity contribution in [1.82, 2.24) is 0 Å². The molecule has 18 heavy (non-hydrogen) atoms. The van der Waals surface area contributed by atoms with Crippen molar-refractivity contribution >= 4 is 43.8 Å². The van der Waals surface area contributed by atoms with E-state index >= 15 is 0 Å². The van der Waals surface area contributed by atoms with Crippen LogP contribution in [-0.4, -0.2) is 22.2 Å². The zero-order valence-corrected chi connectivity index (χ0v) is 12.1. The molecule has 0 saturated carbocycles. The van der Waals surface area contributed by atoms with Gasteiger partial charge in [-0.3, -0.25) is 0 Å². The van der Waals surface area contributed by atoms with Crippen molar-refractivity contribution in [1.29, 1.82) is 0 Å². The number of carbonyl (C=O) groups is 2. The van der Waals surface area contributed by atoms with E-state index in [-0.39, 0.29) is 12.4 Å². The van der Waals surface area contributed by atoms with Crippen LogP contribution >= 0.6 is 31.9 Å². The lowest BCUT2D eigenvalue weighted by Crippen LogP contribution is -2.02. The van der Waals surface area contributed by atoms with Gasteiger partial charge in [-0.2, -0.15) is 0 Å². The molecule has 0 radical (unpaired) electrons. The molecule has 0 unspecified atom stereocenters. The zero-order chi connectivity index (χ0) is 13.7. The summed E-state index contributed by atoms with van der Waals surface area (Å²) in [7, 11) is 0. The summed E-state index contributed by atoms with van der Waals surface area (Å²) in [5.74, 6) is -2.07. The van der Waals surface area contributed by atoms with Crippen LogP contribution in [0.4, 0.5) is 0 Å². The standard InChI is InChI=1S/C11H8Br2O5/c12-7-3-6(11(17)8(13)4-7)5-18-10(16)2-1-9(14)15/h1-4,17H,5H2,(H,14,15)/b2-1+. The summed E-state index contributed by atoms with van der Waals surface area (Å²) in [6.45, 7) is -0.160. The molecule has 1 aromatic rings. The van der Waals surface area contributed by atoms with E-state index in [1.54, 1.807) is 12.1 Å². The molecule has 0 bridgehead atoms. The Morgan fingerprint density at radius 2 is 1.94 bits per heavy atom. The summed E-state index contributed by atoms with van der Waals surface area (Å²) in [5.41, 5.74) is 0.397. The Kier molecular flexibility index (Phi) is 5.36. The number of carboxylic acid groups (broad SMARTS) is 1. The Morgan fingerprint density at radius 1 is 1.28 bits per heavy atom. The second-order valence-corrected chi connectivity index (χ2v) is 4.94. The van der Waals surface area contributed by atoms with Crippen LogP contribution in [0, 0.1) is 0 Å². The fourth-order valence-electron chi connectivity index (χ4n) is 1.07. The Morgan fingerprint density at radius 3 is 2.56 bits per heavy atom. The van der Waals surface area contributed by atoms with Crippen molar-refractivity contribution in [2.24, 2.45) is 0 Å². The molecular weight excluding hydrogens is 372 g/mol. The van der Waals surface area contributed by atoms with E-state index in [4.69, 9.17) is 9.84 Å². The van der Waals surface area contributed by atoms with Gasteiger partial charge in [0.05, 0.1) is 4.47 Å². The Hall–Kier alpha value is -1.34. The second-order valence-electron chi connectivity index (χ2n) is 3.17. The predicted molar refractivity (Wildman–Crippen MR) is 70.1 cm³/mol. The van der Waals surface area contributed by atoms with Crippen molar-refractivity contribution in [2.75, 3.05) is 0 Å². The minimum absolute atomic E-state index is 0.0341. The van der Waals surface area contributed by atoms with Gasteiger partial charge in [-0.25, -0.2) is 9.59 Å². The average molecular weight is 380 g/mol. The van der Waals surface area contributed by atoms with E-state index in [0.29, 0.717) is 20.6 Å². The van der Waals surface area contributed by atoms with Crippen molar-refractivity contribution < 1.29 is 24.5 Å². The van der Waals surface area contributed by atoms with Gasteiger partial charge >= 0.3 is 11.9 Å². The maximum Gasteiger partial charge on any atom is 0.331 e. The van der Waals surface area contributed by atoms with Crippen LogP contribution in [0.5, 0.6) is 5.75 Å². The molecule has 1 aromatic carbocycles. The van der Waals surface area contributed by atoms with Gasteiger partial charge in [0, 0.05) is 22.2 Å². The molecule has 0 fully saturated rings. The number of carboxylic acids is 1. The first kappa shape index (κ1) is 14.7. The number of aromatic hydroxyl groups is 1. The summed E-state index contributed by atoms with van der Waals surface area (Å²) >= 11 is 6.37. The number of hydrogen-bond acceptors (Lipinski definition) is 4. The van der Waals surface area contributed by atoms with Crippen molar-refractivity contribution in [2.45, 2.75) is 6.61 Å². The Bertz CT molecular complexity index is 510. The number of esters is 1. The topological polar surface area (TPSA) is 83.8 Å². The molecule has 2 N–H and O–H groups in total. The van der Waals surface area contributed by atoms with Gasteiger partial charge in [0.1, 0.15) is 12.4 Å². The highest BCUT2D eigenvalue weighted by Gasteiger charge is 2.09. The zero-order valence-electron chi connectivity index (χ0n) is 8.89. The summed E-state index contributed by atoms with van der Waals surface area (Å²) in [4.78, 5) is 21.3. The van der Waals surface area contributed by atoms with Crippen LogP contribution in [-0.2, 0) is 20.9 Å². The minimum atomic E-state index is -1.24.